The first-order valence-electron chi connectivity index (χ1n) is 4.22. The molecule has 0 saturated heterocycles. The van der Waals surface area contributed by atoms with Crippen molar-refractivity contribution in [1.82, 2.24) is 4.98 Å². The van der Waals surface area contributed by atoms with Crippen molar-refractivity contribution in [3.05, 3.63) is 45.2 Å². The topological polar surface area (TPSA) is 24.9 Å². The minimum Gasteiger partial charge on any atom is -0.366 e. The Balaban J connectivity index is 0.00000112. The van der Waals surface area contributed by atoms with Gasteiger partial charge in [-0.05, 0) is 45.1 Å². The summed E-state index contributed by atoms with van der Waals surface area (Å²) in [4.78, 5) is 4.18. The van der Waals surface area contributed by atoms with Crippen LogP contribution in [0.25, 0.3) is 0 Å². The predicted octanol–water partition coefficient (Wildman–Crippen LogP) is 3.94. The Morgan fingerprint density at radius 1 is 1.40 bits per heavy atom. The Labute approximate surface area is 107 Å². The average Bonchev–Trinajstić information content (AvgIpc) is 2.63. The first-order valence-corrected chi connectivity index (χ1v) is 5.90. The fourth-order valence-electron chi connectivity index (χ4n) is 1.10. The van der Waals surface area contributed by atoms with E-state index in [1.54, 1.807) is 17.5 Å². The summed E-state index contributed by atoms with van der Waals surface area (Å²) >= 11 is 5.13. The fraction of sp³-hybridized carbons (Fsp3) is 0.100. The second-order valence-corrected chi connectivity index (χ2v) is 5.12. The largest absolute Gasteiger partial charge is 0.366 e. The van der Waals surface area contributed by atoms with Gasteiger partial charge in [0.2, 0.25) is 0 Å². The first-order chi connectivity index (χ1) is 6.84. The summed E-state index contributed by atoms with van der Waals surface area (Å²) in [5.74, 6) is 0.912. The minimum absolute atomic E-state index is 0. The van der Waals surface area contributed by atoms with Crippen LogP contribution in [0.2, 0.25) is 0 Å². The molecule has 0 radical (unpaired) electrons. The highest BCUT2D eigenvalue weighted by atomic mass is 79.9. The van der Waals surface area contributed by atoms with Gasteiger partial charge in [-0.25, -0.2) is 4.98 Å². The molecule has 2 aromatic rings. The van der Waals surface area contributed by atoms with Gasteiger partial charge in [-0.15, -0.1) is 23.7 Å². The molecule has 0 bridgehead atoms. The number of anilines is 1. The number of nitrogens with one attached hydrogen (secondary N) is 1. The van der Waals surface area contributed by atoms with E-state index in [9.17, 15) is 0 Å². The third-order valence-electron chi connectivity index (χ3n) is 1.76. The molecule has 0 aliphatic heterocycles. The van der Waals surface area contributed by atoms with E-state index in [1.807, 2.05) is 18.2 Å². The van der Waals surface area contributed by atoms with E-state index in [2.05, 4.69) is 37.7 Å². The highest BCUT2D eigenvalue weighted by Crippen LogP contribution is 2.21. The second kappa shape index (κ2) is 6.10. The first kappa shape index (κ1) is 12.5. The lowest BCUT2D eigenvalue weighted by atomic mass is 10.3. The van der Waals surface area contributed by atoms with Crippen LogP contribution in [0.5, 0.6) is 0 Å². The van der Waals surface area contributed by atoms with Gasteiger partial charge in [0.05, 0.1) is 3.79 Å². The summed E-state index contributed by atoms with van der Waals surface area (Å²) in [6.45, 7) is 0.819. The Morgan fingerprint density at radius 3 is 2.87 bits per heavy atom. The summed E-state index contributed by atoms with van der Waals surface area (Å²) in [7, 11) is 0. The molecule has 2 aromatic heterocycles. The maximum absolute atomic E-state index is 4.18. The van der Waals surface area contributed by atoms with Gasteiger partial charge < -0.3 is 5.32 Å². The van der Waals surface area contributed by atoms with Crippen molar-refractivity contribution < 1.29 is 0 Å². The van der Waals surface area contributed by atoms with E-state index in [-0.39, 0.29) is 12.4 Å². The van der Waals surface area contributed by atoms with Crippen LogP contribution in [-0.4, -0.2) is 4.98 Å². The smallest absolute Gasteiger partial charge is 0.126 e. The molecule has 0 aliphatic carbocycles. The lowest BCUT2D eigenvalue weighted by Crippen LogP contribution is -1.99. The summed E-state index contributed by atoms with van der Waals surface area (Å²) in [6.07, 6.45) is 1.78. The molecule has 5 heteroatoms. The standard InChI is InChI=1S/C10H9BrN2S.ClH/c11-9-5-8(7-14-9)6-13-10-3-1-2-4-12-10;/h1-5,7H,6H2,(H,12,13);1H. The molecular weight excluding hydrogens is 296 g/mol. The lowest BCUT2D eigenvalue weighted by molar-refractivity contribution is 1.12. The van der Waals surface area contributed by atoms with E-state index in [4.69, 9.17) is 0 Å². The summed E-state index contributed by atoms with van der Waals surface area (Å²) in [5.41, 5.74) is 1.27. The second-order valence-electron chi connectivity index (χ2n) is 2.83. The zero-order valence-corrected chi connectivity index (χ0v) is 11.0. The molecule has 1 N–H and O–H groups in total. The summed E-state index contributed by atoms with van der Waals surface area (Å²) in [6, 6.07) is 7.95. The molecule has 15 heavy (non-hydrogen) atoms. The number of hydrogen-bond donors (Lipinski definition) is 1. The van der Waals surface area contributed by atoms with Crippen LogP contribution < -0.4 is 5.32 Å². The molecule has 0 fully saturated rings. The van der Waals surface area contributed by atoms with Crippen molar-refractivity contribution in [2.45, 2.75) is 6.54 Å². The third-order valence-corrected chi connectivity index (χ3v) is 3.31. The molecule has 2 nitrogen and oxygen atoms in total. The molecular formula is C10H10BrClN2S. The summed E-state index contributed by atoms with van der Waals surface area (Å²) < 4.78 is 1.16. The highest BCUT2D eigenvalue weighted by Gasteiger charge is 1.97. The lowest BCUT2D eigenvalue weighted by Gasteiger charge is -2.02. The van der Waals surface area contributed by atoms with Crippen LogP contribution in [0.15, 0.2) is 39.6 Å². The molecule has 0 aromatic carbocycles. The van der Waals surface area contributed by atoms with Gasteiger partial charge in [0, 0.05) is 12.7 Å². The fourth-order valence-corrected chi connectivity index (χ4v) is 2.31. The van der Waals surface area contributed by atoms with Crippen LogP contribution in [0.1, 0.15) is 5.56 Å². The minimum atomic E-state index is 0. The van der Waals surface area contributed by atoms with Crippen molar-refractivity contribution in [3.63, 3.8) is 0 Å². The Bertz CT molecular complexity index is 405. The number of hydrogen-bond acceptors (Lipinski definition) is 3. The van der Waals surface area contributed by atoms with Crippen LogP contribution in [0.3, 0.4) is 0 Å². The quantitative estimate of drug-likeness (QED) is 0.929. The van der Waals surface area contributed by atoms with Gasteiger partial charge in [-0.2, -0.15) is 0 Å². The van der Waals surface area contributed by atoms with E-state index < -0.39 is 0 Å². The molecule has 0 atom stereocenters. The van der Waals surface area contributed by atoms with Crippen molar-refractivity contribution in [2.75, 3.05) is 5.32 Å². The van der Waals surface area contributed by atoms with E-state index >= 15 is 0 Å². The predicted molar refractivity (Wildman–Crippen MR) is 70.8 cm³/mol. The zero-order chi connectivity index (χ0) is 9.80. The molecule has 0 saturated carbocycles. The number of pyridine rings is 1. The highest BCUT2D eigenvalue weighted by molar-refractivity contribution is 9.11. The maximum Gasteiger partial charge on any atom is 0.126 e. The molecule has 2 rings (SSSR count). The molecule has 2 heterocycles. The normalized spacial score (nSPS) is 9.40. The average molecular weight is 306 g/mol. The van der Waals surface area contributed by atoms with Crippen molar-refractivity contribution in [2.24, 2.45) is 0 Å². The van der Waals surface area contributed by atoms with Crippen molar-refractivity contribution >= 4 is 45.5 Å². The monoisotopic (exact) mass is 304 g/mol. The molecule has 0 unspecified atom stereocenters. The SMILES string of the molecule is Brc1cc(CNc2ccccn2)cs1.Cl. The van der Waals surface area contributed by atoms with Gasteiger partial charge in [0.25, 0.3) is 0 Å². The van der Waals surface area contributed by atoms with E-state index in [0.717, 1.165) is 16.1 Å². The van der Waals surface area contributed by atoms with Gasteiger partial charge >= 0.3 is 0 Å². The van der Waals surface area contributed by atoms with Crippen LogP contribution in [0, 0.1) is 0 Å². The van der Waals surface area contributed by atoms with Crippen molar-refractivity contribution in [3.8, 4) is 0 Å². The Morgan fingerprint density at radius 2 is 2.27 bits per heavy atom. The van der Waals surface area contributed by atoms with E-state index in [0.29, 0.717) is 0 Å². The number of aromatic nitrogens is 1. The van der Waals surface area contributed by atoms with Crippen LogP contribution in [0.4, 0.5) is 5.82 Å². The Hall–Kier alpha value is -0.580. The van der Waals surface area contributed by atoms with Crippen LogP contribution in [-0.2, 0) is 6.54 Å². The number of rotatable bonds is 3. The molecule has 0 amide bonds. The maximum atomic E-state index is 4.18. The van der Waals surface area contributed by atoms with Crippen molar-refractivity contribution in [1.29, 1.82) is 0 Å². The van der Waals surface area contributed by atoms with Crippen LogP contribution >= 0.6 is 39.7 Å². The molecule has 0 aliphatic rings. The number of nitrogens with zero attached hydrogens (tertiary/aromatic N) is 1. The summed E-state index contributed by atoms with van der Waals surface area (Å²) in [5, 5.41) is 5.37. The number of thiophene rings is 1. The molecule has 0 spiro atoms. The molecule has 80 valence electrons. The van der Waals surface area contributed by atoms with E-state index in [1.165, 1.54) is 5.56 Å². The van der Waals surface area contributed by atoms with Gasteiger partial charge in [-0.3, -0.25) is 0 Å². The third kappa shape index (κ3) is 3.81. The number of halogens is 2. The zero-order valence-electron chi connectivity index (χ0n) is 7.81. The Kier molecular flexibility index (Phi) is 5.08. The van der Waals surface area contributed by atoms with Gasteiger partial charge in [-0.1, -0.05) is 6.07 Å². The van der Waals surface area contributed by atoms with Gasteiger partial charge in [0.15, 0.2) is 0 Å². The van der Waals surface area contributed by atoms with Gasteiger partial charge in [0.1, 0.15) is 5.82 Å².